The van der Waals surface area contributed by atoms with E-state index in [9.17, 15) is 50.6 Å². The first-order chi connectivity index (χ1) is 32.3. The Morgan fingerprint density at radius 3 is 2.35 bits per heavy atom. The summed E-state index contributed by atoms with van der Waals surface area (Å²) in [5.41, 5.74) is 3.34. The number of phenolic OH excluding ortho intramolecular Hbond substituents is 1. The molecule has 22 heteroatoms. The van der Waals surface area contributed by atoms with Crippen LogP contribution in [0.3, 0.4) is 0 Å². The highest BCUT2D eigenvalue weighted by Gasteiger charge is 2.40. The Bertz CT molecular complexity index is 2810. The number of alkyl halides is 3. The van der Waals surface area contributed by atoms with Gasteiger partial charge in [-0.1, -0.05) is 6.07 Å². The zero-order chi connectivity index (χ0) is 48.7. The summed E-state index contributed by atoms with van der Waals surface area (Å²) in [5, 5.41) is 27.4. The molecule has 0 radical (unpaired) electrons. The first-order valence-electron chi connectivity index (χ1n) is 22.4. The number of piperidine rings is 2. The number of morpholine rings is 1. The number of halogens is 6. The number of carboxylic acid groups (broad SMARTS) is 1. The number of imide groups is 1. The number of carbonyl (C=O) groups excluding carboxylic acids is 3. The Labute approximate surface area is 384 Å². The van der Waals surface area contributed by atoms with E-state index in [1.165, 1.54) is 4.57 Å². The largest absolute Gasteiger partial charge is 0.503 e. The minimum Gasteiger partial charge on any atom is -0.503 e. The highest BCUT2D eigenvalue weighted by Crippen LogP contribution is 2.36. The minimum atomic E-state index is -5.08. The fraction of sp³-hybridized carbons (Fsp3) is 0.478. The third-order valence-corrected chi connectivity index (χ3v) is 13.6. The van der Waals surface area contributed by atoms with Crippen molar-refractivity contribution < 1.29 is 60.5 Å². The van der Waals surface area contributed by atoms with Gasteiger partial charge in [-0.3, -0.25) is 38.4 Å². The van der Waals surface area contributed by atoms with Gasteiger partial charge < -0.3 is 25.2 Å². The van der Waals surface area contributed by atoms with E-state index in [1.54, 1.807) is 11.6 Å². The summed E-state index contributed by atoms with van der Waals surface area (Å²) in [5.74, 6) is -10.5. The molecule has 1 aliphatic carbocycles. The van der Waals surface area contributed by atoms with E-state index in [1.807, 2.05) is 22.9 Å². The van der Waals surface area contributed by atoms with E-state index in [-0.39, 0.29) is 42.1 Å². The Morgan fingerprint density at radius 1 is 0.941 bits per heavy atom. The molecule has 4 fully saturated rings. The number of aromatic nitrogens is 4. The maximum atomic E-state index is 14.2. The monoisotopic (exact) mass is 956 g/mol. The Kier molecular flexibility index (Phi) is 13.6. The molecule has 1 spiro atoms. The number of anilines is 1. The summed E-state index contributed by atoms with van der Waals surface area (Å²) in [6.45, 7) is 5.19. The lowest BCUT2D eigenvalue weighted by Crippen LogP contribution is -2.57. The molecule has 0 unspecified atom stereocenters. The second kappa shape index (κ2) is 19.3. The highest BCUT2D eigenvalue weighted by molar-refractivity contribution is 6.00. The lowest BCUT2D eigenvalue weighted by Gasteiger charge is -2.48. The normalized spacial score (nSPS) is 21.2. The van der Waals surface area contributed by atoms with Crippen molar-refractivity contribution >= 4 is 51.3 Å². The van der Waals surface area contributed by atoms with E-state index >= 15 is 0 Å². The third kappa shape index (κ3) is 10.1. The molecule has 16 nitrogen and oxygen atoms in total. The lowest BCUT2D eigenvalue weighted by atomic mass is 9.86. The van der Waals surface area contributed by atoms with Crippen molar-refractivity contribution in [3.05, 3.63) is 87.7 Å². The lowest BCUT2D eigenvalue weighted by molar-refractivity contribution is -0.192. The second-order valence-corrected chi connectivity index (χ2v) is 18.0. The number of phenols is 1. The molecule has 0 bridgehead atoms. The Hall–Kier alpha value is -6.42. The number of nitrogens with zero attached hydrogens (tertiary/aromatic N) is 6. The van der Waals surface area contributed by atoms with Gasteiger partial charge in [0.1, 0.15) is 6.04 Å². The molecule has 3 amide bonds. The number of aliphatic carboxylic acids is 1. The van der Waals surface area contributed by atoms with Gasteiger partial charge in [0.15, 0.2) is 17.4 Å². The van der Waals surface area contributed by atoms with Crippen LogP contribution < -0.4 is 21.2 Å². The van der Waals surface area contributed by atoms with E-state index in [2.05, 4.69) is 44.8 Å². The molecule has 2 aromatic heterocycles. The van der Waals surface area contributed by atoms with Crippen molar-refractivity contribution in [2.75, 3.05) is 50.8 Å². The average Bonchev–Trinajstić information content (AvgIpc) is 3.85. The van der Waals surface area contributed by atoms with Crippen LogP contribution >= 0.6 is 0 Å². The molecule has 3 saturated heterocycles. The zero-order valence-corrected chi connectivity index (χ0v) is 37.0. The number of carbonyl (C=O) groups is 4. The smallest absolute Gasteiger partial charge is 0.490 e. The second-order valence-electron chi connectivity index (χ2n) is 18.0. The quantitative estimate of drug-likeness (QED) is 0.0829. The molecule has 4 aliphatic rings. The molecule has 5 heterocycles. The summed E-state index contributed by atoms with van der Waals surface area (Å²) < 4.78 is 85.0. The topological polar surface area (TPSA) is 193 Å². The Morgan fingerprint density at radius 2 is 1.66 bits per heavy atom. The number of nitrogens with one attached hydrogen (secondary N) is 2. The van der Waals surface area contributed by atoms with Gasteiger partial charge >= 0.3 is 17.8 Å². The summed E-state index contributed by atoms with van der Waals surface area (Å²) in [7, 11) is 1.72. The highest BCUT2D eigenvalue weighted by atomic mass is 19.4. The van der Waals surface area contributed by atoms with E-state index in [0.29, 0.717) is 24.6 Å². The third-order valence-electron chi connectivity index (χ3n) is 13.6. The molecule has 3 aromatic carbocycles. The van der Waals surface area contributed by atoms with Crippen LogP contribution in [0, 0.1) is 23.4 Å². The van der Waals surface area contributed by atoms with Gasteiger partial charge in [0.05, 0.1) is 40.4 Å². The van der Waals surface area contributed by atoms with Crippen molar-refractivity contribution in [3.63, 3.8) is 0 Å². The van der Waals surface area contributed by atoms with E-state index in [4.69, 9.17) is 19.7 Å². The SMILES string of the molecule is Cn1c(=O)n([C@@H]2CCC(=O)NC2=O)c2ccc(CCN3CCOC4(CCN(c5ccc6cn(C7CCC(CNC(=O)c8cc(F)c(O)c(F)c8F)CC7)nc6c5)CC4)C3)cc21.O=C(O)C(F)(F)F. The number of amides is 3. The van der Waals surface area contributed by atoms with Gasteiger partial charge in [0, 0.05) is 70.0 Å². The van der Waals surface area contributed by atoms with Crippen molar-refractivity contribution in [1.82, 2.24) is 34.4 Å². The summed E-state index contributed by atoms with van der Waals surface area (Å²) >= 11 is 0. The van der Waals surface area contributed by atoms with Gasteiger partial charge in [-0.15, -0.1) is 0 Å². The van der Waals surface area contributed by atoms with Gasteiger partial charge in [-0.05, 0) is 99.2 Å². The number of fused-ring (bicyclic) bond motifs is 2. The van der Waals surface area contributed by atoms with Gasteiger partial charge in [-0.2, -0.15) is 22.7 Å². The van der Waals surface area contributed by atoms with Crippen LogP contribution in [0.1, 0.15) is 79.4 Å². The zero-order valence-electron chi connectivity index (χ0n) is 37.0. The van der Waals surface area contributed by atoms with E-state index < -0.39 is 58.8 Å². The molecule has 1 atom stereocenters. The number of aryl methyl sites for hydroxylation is 1. The van der Waals surface area contributed by atoms with Crippen LogP contribution in [-0.2, 0) is 32.6 Å². The van der Waals surface area contributed by atoms with Crippen LogP contribution in [0.25, 0.3) is 21.9 Å². The van der Waals surface area contributed by atoms with Crippen molar-refractivity contribution in [3.8, 4) is 5.75 Å². The van der Waals surface area contributed by atoms with Crippen molar-refractivity contribution in [1.29, 1.82) is 0 Å². The van der Waals surface area contributed by atoms with Gasteiger partial charge in [-0.25, -0.2) is 18.4 Å². The fourth-order valence-electron chi connectivity index (χ4n) is 9.77. The average molecular weight is 957 g/mol. The number of hydrogen-bond acceptors (Lipinski definition) is 10. The molecule has 3 aliphatic heterocycles. The molecular weight excluding hydrogens is 907 g/mol. The summed E-state index contributed by atoms with van der Waals surface area (Å²) in [6.07, 6.45) is 3.36. The van der Waals surface area contributed by atoms with Crippen LogP contribution in [0.2, 0.25) is 0 Å². The number of hydrogen-bond donors (Lipinski definition) is 4. The molecule has 68 heavy (non-hydrogen) atoms. The van der Waals surface area contributed by atoms with Crippen LogP contribution in [0.5, 0.6) is 5.75 Å². The number of aromatic hydroxyl groups is 1. The number of imidazole rings is 1. The van der Waals surface area contributed by atoms with E-state index in [0.717, 1.165) is 105 Å². The van der Waals surface area contributed by atoms with Gasteiger partial charge in [0.2, 0.25) is 17.6 Å². The fourth-order valence-corrected chi connectivity index (χ4v) is 9.77. The van der Waals surface area contributed by atoms with Gasteiger partial charge in [0.25, 0.3) is 5.91 Å². The Balaban J connectivity index is 0.000000830. The number of carboxylic acids is 1. The maximum absolute atomic E-state index is 14.2. The predicted octanol–water partition coefficient (Wildman–Crippen LogP) is 5.50. The number of rotatable bonds is 9. The summed E-state index contributed by atoms with van der Waals surface area (Å²) in [4.78, 5) is 63.8. The predicted molar refractivity (Wildman–Crippen MR) is 234 cm³/mol. The minimum absolute atomic E-state index is 0.121. The van der Waals surface area contributed by atoms with Crippen LogP contribution in [-0.4, -0.2) is 115 Å². The molecule has 5 aromatic rings. The maximum Gasteiger partial charge on any atom is 0.490 e. The number of ether oxygens (including phenoxy) is 1. The van der Waals surface area contributed by atoms with Crippen LogP contribution in [0.4, 0.5) is 32.0 Å². The molecule has 4 N–H and O–H groups in total. The van der Waals surface area contributed by atoms with Crippen molar-refractivity contribution in [2.45, 2.75) is 81.6 Å². The molecule has 364 valence electrons. The number of benzene rings is 3. The van der Waals surface area contributed by atoms with Crippen molar-refractivity contribution in [2.24, 2.45) is 13.0 Å². The molecule has 9 rings (SSSR count). The van der Waals surface area contributed by atoms with Crippen LogP contribution in [0.15, 0.2) is 53.5 Å². The molecular formula is C46H50F6N8O8. The first kappa shape index (κ1) is 48.1. The first-order valence-corrected chi connectivity index (χ1v) is 22.4. The standard InChI is InChI=1S/C44H49F3N8O6.C2HF3O2/c1-51-36-20-26(4-9-34(36)55(43(51)60)35-10-11-37(56)49-42(35)59)12-15-52-18-19-61-44(25-52)13-16-53(17-14-44)30-8-5-28-24-54(50-33(28)21-30)29-6-2-27(3-7-29)23-48-41(58)31-22-32(45)40(57)39(47)38(31)46;3-2(4,5)1(6)7/h4-5,8-9,20-22,24,27,29,35,57H,2-3,6-7,10-19,23,25H2,1H3,(H,48,58)(H,49,56,59);(H,6,7)/t27?,29?,35-;/m1./s1. The summed E-state index contributed by atoms with van der Waals surface area (Å²) in [6, 6.07) is 12.4. The molecule has 1 saturated carbocycles.